The van der Waals surface area contributed by atoms with Crippen LogP contribution in [0.4, 0.5) is 0 Å². The summed E-state index contributed by atoms with van der Waals surface area (Å²) in [4.78, 5) is 2.91. The summed E-state index contributed by atoms with van der Waals surface area (Å²) in [6.45, 7) is 2.25. The van der Waals surface area contributed by atoms with Gasteiger partial charge in [0.1, 0.15) is 0 Å². The van der Waals surface area contributed by atoms with Crippen LogP contribution in [-0.2, 0) is 12.8 Å². The Morgan fingerprint density at radius 1 is 1.22 bits per heavy atom. The maximum Gasteiger partial charge on any atom is 0.0879 e. The quantitative estimate of drug-likeness (QED) is 0.353. The van der Waals surface area contributed by atoms with Gasteiger partial charge in [-0.3, -0.25) is 0 Å². The highest BCUT2D eigenvalue weighted by molar-refractivity contribution is 7.12. The summed E-state index contributed by atoms with van der Waals surface area (Å²) < 4.78 is 0. The number of hydrogen-bond acceptors (Lipinski definition) is 3. The SMILES string of the molecule is CCCCCCc1cc2c(s1)CCCC/C2=N\O. The fourth-order valence-corrected chi connectivity index (χ4v) is 3.85. The summed E-state index contributed by atoms with van der Waals surface area (Å²) in [7, 11) is 0. The van der Waals surface area contributed by atoms with Gasteiger partial charge in [0.05, 0.1) is 5.71 Å². The fraction of sp³-hybridized carbons (Fsp3) is 0.667. The van der Waals surface area contributed by atoms with Crippen LogP contribution in [0.2, 0.25) is 0 Å². The van der Waals surface area contributed by atoms with Crippen LogP contribution in [0.5, 0.6) is 0 Å². The van der Waals surface area contributed by atoms with Gasteiger partial charge in [0.15, 0.2) is 0 Å². The molecule has 0 atom stereocenters. The molecule has 0 bridgehead atoms. The lowest BCUT2D eigenvalue weighted by Gasteiger charge is -1.98. The molecule has 3 heteroatoms. The summed E-state index contributed by atoms with van der Waals surface area (Å²) in [5, 5.41) is 12.6. The zero-order chi connectivity index (χ0) is 12.8. The number of thiophene rings is 1. The maximum atomic E-state index is 9.11. The molecular weight excluding hydrogens is 242 g/mol. The van der Waals surface area contributed by atoms with Crippen LogP contribution in [-0.4, -0.2) is 10.9 Å². The second-order valence-electron chi connectivity index (χ2n) is 5.11. The van der Waals surface area contributed by atoms with E-state index in [0.717, 1.165) is 25.0 Å². The van der Waals surface area contributed by atoms with E-state index in [9.17, 15) is 0 Å². The standard InChI is InChI=1S/C15H23NOS/c1-2-3-4-5-8-12-11-13-14(16-17)9-6-7-10-15(13)18-12/h11,17H,2-10H2,1H3/b16-14+. The predicted octanol–water partition coefficient (Wildman–Crippen LogP) is 4.78. The second-order valence-corrected chi connectivity index (χ2v) is 6.34. The molecule has 1 aliphatic carbocycles. The van der Waals surface area contributed by atoms with Crippen molar-refractivity contribution in [3.63, 3.8) is 0 Å². The molecule has 1 aliphatic rings. The molecule has 0 radical (unpaired) electrons. The lowest BCUT2D eigenvalue weighted by atomic mass is 10.1. The Hall–Kier alpha value is -0.830. The van der Waals surface area contributed by atoms with Crippen molar-refractivity contribution in [2.24, 2.45) is 5.16 Å². The van der Waals surface area contributed by atoms with Crippen LogP contribution in [0.1, 0.15) is 67.2 Å². The molecule has 1 aromatic rings. The first-order valence-corrected chi connectivity index (χ1v) is 7.99. The van der Waals surface area contributed by atoms with Crippen molar-refractivity contribution in [3.8, 4) is 0 Å². The van der Waals surface area contributed by atoms with Gasteiger partial charge in [0.2, 0.25) is 0 Å². The summed E-state index contributed by atoms with van der Waals surface area (Å²) in [6, 6.07) is 2.27. The highest BCUT2D eigenvalue weighted by atomic mass is 32.1. The molecule has 0 spiro atoms. The third kappa shape index (κ3) is 3.35. The minimum atomic E-state index is 0.901. The van der Waals surface area contributed by atoms with Gasteiger partial charge >= 0.3 is 0 Å². The van der Waals surface area contributed by atoms with Gasteiger partial charge in [-0.05, 0) is 44.6 Å². The molecule has 0 saturated heterocycles. The molecule has 1 heterocycles. The van der Waals surface area contributed by atoms with Crippen LogP contribution in [0.25, 0.3) is 0 Å². The smallest absolute Gasteiger partial charge is 0.0879 e. The monoisotopic (exact) mass is 265 g/mol. The molecular formula is C15H23NOS. The second kappa shape index (κ2) is 6.93. The van der Waals surface area contributed by atoms with Crippen LogP contribution in [0, 0.1) is 0 Å². The lowest BCUT2D eigenvalue weighted by molar-refractivity contribution is 0.318. The minimum Gasteiger partial charge on any atom is -0.411 e. The van der Waals surface area contributed by atoms with E-state index in [2.05, 4.69) is 18.1 Å². The van der Waals surface area contributed by atoms with Crippen molar-refractivity contribution in [1.29, 1.82) is 0 Å². The largest absolute Gasteiger partial charge is 0.411 e. The number of unbranched alkanes of at least 4 members (excludes halogenated alkanes) is 3. The van der Waals surface area contributed by atoms with E-state index >= 15 is 0 Å². The minimum absolute atomic E-state index is 0.901. The summed E-state index contributed by atoms with van der Waals surface area (Å²) in [6.07, 6.45) is 10.9. The number of rotatable bonds is 5. The average Bonchev–Trinajstić information content (AvgIpc) is 2.69. The Bertz CT molecular complexity index is 409. The van der Waals surface area contributed by atoms with Crippen LogP contribution in [0.15, 0.2) is 11.2 Å². The van der Waals surface area contributed by atoms with E-state index in [0.29, 0.717) is 0 Å². The summed E-state index contributed by atoms with van der Waals surface area (Å²) in [5.74, 6) is 0. The Labute approximate surface area is 114 Å². The van der Waals surface area contributed by atoms with Gasteiger partial charge in [-0.25, -0.2) is 0 Å². The zero-order valence-corrected chi connectivity index (χ0v) is 12.1. The van der Waals surface area contributed by atoms with Crippen molar-refractivity contribution < 1.29 is 5.21 Å². The maximum absolute atomic E-state index is 9.11. The van der Waals surface area contributed by atoms with Crippen LogP contribution in [0.3, 0.4) is 0 Å². The highest BCUT2D eigenvalue weighted by Crippen LogP contribution is 2.30. The van der Waals surface area contributed by atoms with Gasteiger partial charge in [-0.1, -0.05) is 31.3 Å². The number of fused-ring (bicyclic) bond motifs is 1. The summed E-state index contributed by atoms with van der Waals surface area (Å²) in [5.41, 5.74) is 2.13. The van der Waals surface area contributed by atoms with Crippen LogP contribution >= 0.6 is 11.3 Å². The Balaban J connectivity index is 2.02. The third-order valence-electron chi connectivity index (χ3n) is 3.64. The van der Waals surface area contributed by atoms with Gasteiger partial charge in [0, 0.05) is 15.3 Å². The molecule has 100 valence electrons. The first-order valence-electron chi connectivity index (χ1n) is 7.18. The zero-order valence-electron chi connectivity index (χ0n) is 11.2. The van der Waals surface area contributed by atoms with Crippen LogP contribution < -0.4 is 0 Å². The van der Waals surface area contributed by atoms with E-state index in [4.69, 9.17) is 5.21 Å². The first-order chi connectivity index (χ1) is 8.85. The number of nitrogens with zero attached hydrogens (tertiary/aromatic N) is 1. The van der Waals surface area contributed by atoms with Crippen molar-refractivity contribution >= 4 is 17.0 Å². The van der Waals surface area contributed by atoms with Gasteiger partial charge < -0.3 is 5.21 Å². The summed E-state index contributed by atoms with van der Waals surface area (Å²) >= 11 is 1.93. The fourth-order valence-electron chi connectivity index (χ4n) is 2.58. The Kier molecular flexibility index (Phi) is 5.24. The van der Waals surface area contributed by atoms with E-state index in [1.54, 1.807) is 0 Å². The molecule has 2 nitrogen and oxygen atoms in total. The molecule has 0 aliphatic heterocycles. The van der Waals surface area contributed by atoms with Crippen molar-refractivity contribution in [2.45, 2.75) is 64.7 Å². The van der Waals surface area contributed by atoms with E-state index in [-0.39, 0.29) is 0 Å². The molecule has 0 fully saturated rings. The number of oxime groups is 1. The van der Waals surface area contributed by atoms with Crippen molar-refractivity contribution in [2.75, 3.05) is 0 Å². The lowest BCUT2D eigenvalue weighted by Crippen LogP contribution is -1.98. The molecule has 0 amide bonds. The molecule has 0 unspecified atom stereocenters. The number of hydrogen-bond donors (Lipinski definition) is 1. The highest BCUT2D eigenvalue weighted by Gasteiger charge is 2.17. The molecule has 0 saturated carbocycles. The van der Waals surface area contributed by atoms with Crippen molar-refractivity contribution in [1.82, 2.24) is 0 Å². The predicted molar refractivity (Wildman–Crippen MR) is 78.0 cm³/mol. The molecule has 1 aromatic heterocycles. The van der Waals surface area contributed by atoms with Gasteiger partial charge in [-0.2, -0.15) is 0 Å². The molecule has 2 rings (SSSR count). The number of aryl methyl sites for hydroxylation is 2. The van der Waals surface area contributed by atoms with E-state index in [1.165, 1.54) is 53.8 Å². The Morgan fingerprint density at radius 2 is 2.06 bits per heavy atom. The molecule has 18 heavy (non-hydrogen) atoms. The van der Waals surface area contributed by atoms with E-state index in [1.807, 2.05) is 11.3 Å². The van der Waals surface area contributed by atoms with Gasteiger partial charge in [-0.15, -0.1) is 11.3 Å². The average molecular weight is 265 g/mol. The Morgan fingerprint density at radius 3 is 2.83 bits per heavy atom. The van der Waals surface area contributed by atoms with Gasteiger partial charge in [0.25, 0.3) is 0 Å². The van der Waals surface area contributed by atoms with Crippen molar-refractivity contribution in [3.05, 3.63) is 21.4 Å². The first kappa shape index (κ1) is 13.6. The van der Waals surface area contributed by atoms with E-state index < -0.39 is 0 Å². The normalized spacial score (nSPS) is 17.7. The topological polar surface area (TPSA) is 32.6 Å². The molecule has 0 aromatic carbocycles. The third-order valence-corrected chi connectivity index (χ3v) is 4.89. The molecule has 1 N–H and O–H groups in total.